The molecule has 1 fully saturated rings. The Balaban J connectivity index is 2.06. The standard InChI is InChI=1S/C11H15N3S2/c1-16-11(3-4-11)7-14-9-6-13-5-2-8(9)10(12)15/h2,5-6,14H,3-4,7H2,1H3,(H2,12,15). The van der Waals surface area contributed by atoms with E-state index in [0.29, 0.717) is 9.74 Å². The zero-order valence-corrected chi connectivity index (χ0v) is 10.8. The fraction of sp³-hybridized carbons (Fsp3) is 0.455. The van der Waals surface area contributed by atoms with Gasteiger partial charge in [-0.15, -0.1) is 0 Å². The Labute approximate surface area is 105 Å². The molecular weight excluding hydrogens is 238 g/mol. The largest absolute Gasteiger partial charge is 0.389 e. The minimum absolute atomic E-state index is 0.416. The molecule has 86 valence electrons. The summed E-state index contributed by atoms with van der Waals surface area (Å²) in [6, 6.07) is 1.85. The van der Waals surface area contributed by atoms with E-state index in [1.165, 1.54) is 12.8 Å². The average Bonchev–Trinajstić information content (AvgIpc) is 3.07. The van der Waals surface area contributed by atoms with Crippen molar-refractivity contribution in [3.05, 3.63) is 24.0 Å². The van der Waals surface area contributed by atoms with Gasteiger partial charge in [0.15, 0.2) is 0 Å². The summed E-state index contributed by atoms with van der Waals surface area (Å²) in [5.41, 5.74) is 7.48. The average molecular weight is 253 g/mol. The predicted molar refractivity (Wildman–Crippen MR) is 74.1 cm³/mol. The van der Waals surface area contributed by atoms with Gasteiger partial charge < -0.3 is 11.1 Å². The molecule has 0 unspecified atom stereocenters. The molecule has 2 rings (SSSR count). The fourth-order valence-corrected chi connectivity index (χ4v) is 2.50. The van der Waals surface area contributed by atoms with Crippen LogP contribution in [-0.4, -0.2) is 27.5 Å². The van der Waals surface area contributed by atoms with Crippen LogP contribution in [0.3, 0.4) is 0 Å². The maximum Gasteiger partial charge on any atom is 0.106 e. The van der Waals surface area contributed by atoms with E-state index in [-0.39, 0.29) is 0 Å². The topological polar surface area (TPSA) is 50.9 Å². The van der Waals surface area contributed by atoms with Gasteiger partial charge in [-0.2, -0.15) is 11.8 Å². The molecule has 3 nitrogen and oxygen atoms in total. The van der Waals surface area contributed by atoms with Crippen molar-refractivity contribution in [3.63, 3.8) is 0 Å². The Morgan fingerprint density at radius 3 is 3.00 bits per heavy atom. The van der Waals surface area contributed by atoms with Crippen LogP contribution in [0.5, 0.6) is 0 Å². The van der Waals surface area contributed by atoms with Crippen LogP contribution in [0.1, 0.15) is 18.4 Å². The van der Waals surface area contributed by atoms with E-state index in [0.717, 1.165) is 17.8 Å². The highest BCUT2D eigenvalue weighted by atomic mass is 32.2. The van der Waals surface area contributed by atoms with E-state index < -0.39 is 0 Å². The summed E-state index contributed by atoms with van der Waals surface area (Å²) < 4.78 is 0.420. The maximum absolute atomic E-state index is 5.66. The number of thioether (sulfide) groups is 1. The van der Waals surface area contributed by atoms with Crippen molar-refractivity contribution in [3.8, 4) is 0 Å². The van der Waals surface area contributed by atoms with Crippen LogP contribution in [0.4, 0.5) is 5.69 Å². The normalized spacial score (nSPS) is 16.8. The van der Waals surface area contributed by atoms with Gasteiger partial charge in [0.25, 0.3) is 0 Å². The molecule has 16 heavy (non-hydrogen) atoms. The summed E-state index contributed by atoms with van der Waals surface area (Å²) in [4.78, 5) is 4.51. The van der Waals surface area contributed by atoms with Crippen molar-refractivity contribution in [1.82, 2.24) is 4.98 Å². The van der Waals surface area contributed by atoms with Gasteiger partial charge in [0.1, 0.15) is 4.99 Å². The third kappa shape index (κ3) is 2.47. The number of anilines is 1. The summed E-state index contributed by atoms with van der Waals surface area (Å²) >= 11 is 6.93. The van der Waals surface area contributed by atoms with Crippen molar-refractivity contribution in [2.75, 3.05) is 18.1 Å². The van der Waals surface area contributed by atoms with Crippen LogP contribution in [0, 0.1) is 0 Å². The zero-order chi connectivity index (χ0) is 11.6. The predicted octanol–water partition coefficient (Wildman–Crippen LogP) is 2.02. The van der Waals surface area contributed by atoms with Crippen LogP contribution in [0.25, 0.3) is 0 Å². The van der Waals surface area contributed by atoms with Gasteiger partial charge in [0, 0.05) is 23.1 Å². The Morgan fingerprint density at radius 2 is 2.44 bits per heavy atom. The molecule has 1 heterocycles. The number of hydrogen-bond donors (Lipinski definition) is 2. The molecule has 1 aliphatic carbocycles. The molecule has 0 atom stereocenters. The SMILES string of the molecule is CSC1(CNc2cnccc2C(N)=S)CC1. The fourth-order valence-electron chi connectivity index (χ4n) is 1.60. The van der Waals surface area contributed by atoms with Gasteiger partial charge in [-0.25, -0.2) is 0 Å². The van der Waals surface area contributed by atoms with E-state index in [2.05, 4.69) is 16.6 Å². The van der Waals surface area contributed by atoms with Crippen LogP contribution in [0.15, 0.2) is 18.5 Å². The first-order chi connectivity index (χ1) is 7.67. The number of rotatable bonds is 5. The van der Waals surface area contributed by atoms with Crippen LogP contribution < -0.4 is 11.1 Å². The quantitative estimate of drug-likeness (QED) is 0.786. The van der Waals surface area contributed by atoms with Crippen LogP contribution in [0.2, 0.25) is 0 Å². The monoisotopic (exact) mass is 253 g/mol. The minimum atomic E-state index is 0.416. The lowest BCUT2D eigenvalue weighted by Crippen LogP contribution is -2.20. The number of nitrogens with one attached hydrogen (secondary N) is 1. The molecular formula is C11H15N3S2. The van der Waals surface area contributed by atoms with E-state index >= 15 is 0 Å². The Kier molecular flexibility index (Phi) is 3.35. The van der Waals surface area contributed by atoms with Gasteiger partial charge in [0.05, 0.1) is 11.9 Å². The van der Waals surface area contributed by atoms with E-state index in [1.807, 2.05) is 17.8 Å². The lowest BCUT2D eigenvalue weighted by atomic mass is 10.2. The molecule has 0 spiro atoms. The second-order valence-electron chi connectivity index (χ2n) is 4.03. The first-order valence-corrected chi connectivity index (χ1v) is 6.83. The number of nitrogens with two attached hydrogens (primary N) is 1. The van der Waals surface area contributed by atoms with E-state index in [1.54, 1.807) is 12.4 Å². The molecule has 0 aliphatic heterocycles. The second kappa shape index (κ2) is 4.59. The smallest absolute Gasteiger partial charge is 0.106 e. The molecule has 0 amide bonds. The van der Waals surface area contributed by atoms with E-state index in [9.17, 15) is 0 Å². The van der Waals surface area contributed by atoms with Gasteiger partial charge in [-0.05, 0) is 25.2 Å². The van der Waals surface area contributed by atoms with Gasteiger partial charge in [0.2, 0.25) is 0 Å². The van der Waals surface area contributed by atoms with Crippen LogP contribution in [-0.2, 0) is 0 Å². The minimum Gasteiger partial charge on any atom is -0.389 e. The molecule has 1 saturated carbocycles. The van der Waals surface area contributed by atoms with Crippen molar-refractivity contribution in [2.45, 2.75) is 17.6 Å². The summed E-state index contributed by atoms with van der Waals surface area (Å²) in [7, 11) is 0. The maximum atomic E-state index is 5.66. The summed E-state index contributed by atoms with van der Waals surface area (Å²) in [5, 5.41) is 3.40. The van der Waals surface area contributed by atoms with Crippen molar-refractivity contribution >= 4 is 34.7 Å². The summed E-state index contributed by atoms with van der Waals surface area (Å²) in [5.74, 6) is 0. The number of aromatic nitrogens is 1. The molecule has 0 saturated heterocycles. The highest BCUT2D eigenvalue weighted by Gasteiger charge is 2.41. The Hall–Kier alpha value is -0.810. The highest BCUT2D eigenvalue weighted by molar-refractivity contribution is 8.00. The third-order valence-electron chi connectivity index (χ3n) is 2.93. The number of pyridine rings is 1. The Bertz CT molecular complexity index is 402. The number of thiocarbonyl (C=S) groups is 1. The molecule has 1 aromatic rings. The first kappa shape index (κ1) is 11.7. The molecule has 0 bridgehead atoms. The third-order valence-corrected chi connectivity index (χ3v) is 4.57. The zero-order valence-electron chi connectivity index (χ0n) is 9.19. The van der Waals surface area contributed by atoms with Gasteiger partial charge >= 0.3 is 0 Å². The Morgan fingerprint density at radius 1 is 1.69 bits per heavy atom. The van der Waals surface area contributed by atoms with Gasteiger partial charge in [-0.3, -0.25) is 4.98 Å². The molecule has 1 aliphatic rings. The molecule has 0 aromatic carbocycles. The second-order valence-corrected chi connectivity index (χ2v) is 5.74. The molecule has 1 aromatic heterocycles. The lowest BCUT2D eigenvalue weighted by Gasteiger charge is -2.15. The van der Waals surface area contributed by atoms with Crippen molar-refractivity contribution in [2.24, 2.45) is 5.73 Å². The summed E-state index contributed by atoms with van der Waals surface area (Å²) in [6.45, 7) is 0.954. The number of hydrogen-bond acceptors (Lipinski definition) is 4. The molecule has 3 N–H and O–H groups in total. The highest BCUT2D eigenvalue weighted by Crippen LogP contribution is 2.47. The van der Waals surface area contributed by atoms with E-state index in [4.69, 9.17) is 18.0 Å². The van der Waals surface area contributed by atoms with Crippen molar-refractivity contribution < 1.29 is 0 Å². The number of nitrogens with zero attached hydrogens (tertiary/aromatic N) is 1. The lowest BCUT2D eigenvalue weighted by molar-refractivity contribution is 0.947. The van der Waals surface area contributed by atoms with Gasteiger partial charge in [-0.1, -0.05) is 12.2 Å². The van der Waals surface area contributed by atoms with Crippen LogP contribution >= 0.6 is 24.0 Å². The molecule has 0 radical (unpaired) electrons. The summed E-state index contributed by atoms with van der Waals surface area (Å²) in [6.07, 6.45) is 8.21. The van der Waals surface area contributed by atoms with Crippen molar-refractivity contribution in [1.29, 1.82) is 0 Å². The molecule has 5 heteroatoms. The first-order valence-electron chi connectivity index (χ1n) is 5.20.